The van der Waals surface area contributed by atoms with Gasteiger partial charge in [-0.2, -0.15) is 0 Å². The number of nitrogens with zero attached hydrogens (tertiary/aromatic N) is 3. The molecule has 3 aromatic rings. The van der Waals surface area contributed by atoms with Gasteiger partial charge in [-0.05, 0) is 30.3 Å². The first-order valence-corrected chi connectivity index (χ1v) is 10.9. The Morgan fingerprint density at radius 1 is 1.03 bits per heavy atom. The van der Waals surface area contributed by atoms with Crippen LogP contribution >= 0.6 is 11.6 Å². The summed E-state index contributed by atoms with van der Waals surface area (Å²) in [5.74, 6) is -2.71. The average molecular weight is 498 g/mol. The van der Waals surface area contributed by atoms with Crippen LogP contribution in [-0.2, 0) is 14.4 Å². The van der Waals surface area contributed by atoms with Crippen molar-refractivity contribution >= 4 is 40.5 Å². The highest BCUT2D eigenvalue weighted by Crippen LogP contribution is 2.50. The van der Waals surface area contributed by atoms with Gasteiger partial charge in [-0.1, -0.05) is 29.8 Å². The Balaban J connectivity index is 1.63. The number of benzene rings is 3. The van der Waals surface area contributed by atoms with Gasteiger partial charge in [-0.25, -0.2) is 14.4 Å². The summed E-state index contributed by atoms with van der Waals surface area (Å²) in [4.78, 5) is 44.6. The largest absolute Gasteiger partial charge is 0.497 e. The Morgan fingerprint density at radius 2 is 1.74 bits per heavy atom. The standard InChI is InChI=1S/C24H17ClFN3O6/c1-34-16-8-3-5-13(12-16)27-23(30)20-21(19-17(25)9-4-10-18(19)26)28(35-22(20)24(27)31)14-6-2-7-15(11-14)29(32)33/h2-12,20-22H,1H3/t20-,21-,22+/m0/s1. The maximum atomic E-state index is 15.1. The summed E-state index contributed by atoms with van der Waals surface area (Å²) >= 11 is 6.35. The first-order chi connectivity index (χ1) is 16.8. The van der Waals surface area contributed by atoms with E-state index in [2.05, 4.69) is 0 Å². The number of halogens is 2. The fourth-order valence-electron chi connectivity index (χ4n) is 4.47. The predicted octanol–water partition coefficient (Wildman–Crippen LogP) is 4.45. The normalized spacial score (nSPS) is 21.4. The van der Waals surface area contributed by atoms with Crippen LogP contribution in [0.25, 0.3) is 0 Å². The molecular weight excluding hydrogens is 481 g/mol. The lowest BCUT2D eigenvalue weighted by Gasteiger charge is -2.29. The van der Waals surface area contributed by atoms with Crippen molar-refractivity contribution in [2.45, 2.75) is 12.1 Å². The molecule has 0 radical (unpaired) electrons. The van der Waals surface area contributed by atoms with Gasteiger partial charge in [0.1, 0.15) is 23.5 Å². The summed E-state index contributed by atoms with van der Waals surface area (Å²) in [7, 11) is 1.46. The van der Waals surface area contributed by atoms with Gasteiger partial charge in [0.05, 0.1) is 23.4 Å². The van der Waals surface area contributed by atoms with E-state index in [1.165, 1.54) is 55.6 Å². The Kier molecular flexibility index (Phi) is 5.62. The number of ether oxygens (including phenoxy) is 1. The molecule has 0 unspecified atom stereocenters. The number of amides is 2. The first-order valence-electron chi connectivity index (χ1n) is 10.5. The van der Waals surface area contributed by atoms with E-state index in [-0.39, 0.29) is 27.6 Å². The van der Waals surface area contributed by atoms with E-state index in [0.29, 0.717) is 5.75 Å². The molecule has 2 fully saturated rings. The van der Waals surface area contributed by atoms with E-state index in [1.807, 2.05) is 0 Å². The van der Waals surface area contributed by atoms with Crippen LogP contribution in [0.2, 0.25) is 5.02 Å². The number of carbonyl (C=O) groups excluding carboxylic acids is 2. The highest BCUT2D eigenvalue weighted by molar-refractivity contribution is 6.31. The third-order valence-electron chi connectivity index (χ3n) is 6.02. The number of nitro groups is 1. The van der Waals surface area contributed by atoms with E-state index >= 15 is 4.39 Å². The Morgan fingerprint density at radius 3 is 2.46 bits per heavy atom. The molecule has 11 heteroatoms. The van der Waals surface area contributed by atoms with E-state index in [1.54, 1.807) is 18.2 Å². The zero-order valence-corrected chi connectivity index (χ0v) is 18.9. The lowest BCUT2D eigenvalue weighted by molar-refractivity contribution is -0.384. The molecule has 178 valence electrons. The Labute approximate surface area is 203 Å². The molecule has 9 nitrogen and oxygen atoms in total. The molecule has 0 saturated carbocycles. The molecule has 3 aromatic carbocycles. The van der Waals surface area contributed by atoms with Gasteiger partial charge >= 0.3 is 0 Å². The number of fused-ring (bicyclic) bond motifs is 1. The van der Waals surface area contributed by atoms with E-state index in [4.69, 9.17) is 21.2 Å². The fourth-order valence-corrected chi connectivity index (χ4v) is 4.75. The van der Waals surface area contributed by atoms with Gasteiger partial charge < -0.3 is 4.74 Å². The van der Waals surface area contributed by atoms with Gasteiger partial charge in [0.2, 0.25) is 5.91 Å². The fraction of sp³-hybridized carbons (Fsp3) is 0.167. The van der Waals surface area contributed by atoms with Gasteiger partial charge in [-0.15, -0.1) is 0 Å². The van der Waals surface area contributed by atoms with Crippen molar-refractivity contribution in [2.75, 3.05) is 17.1 Å². The second-order valence-corrected chi connectivity index (χ2v) is 8.36. The van der Waals surface area contributed by atoms with Crippen molar-refractivity contribution in [1.82, 2.24) is 0 Å². The minimum Gasteiger partial charge on any atom is -0.497 e. The summed E-state index contributed by atoms with van der Waals surface area (Å²) in [6, 6.07) is 14.7. The zero-order chi connectivity index (χ0) is 24.9. The molecule has 0 N–H and O–H groups in total. The molecule has 0 aromatic heterocycles. The molecule has 0 bridgehead atoms. The van der Waals surface area contributed by atoms with Crippen LogP contribution in [0.15, 0.2) is 66.7 Å². The minimum absolute atomic E-state index is 0.0229. The number of rotatable bonds is 5. The summed E-state index contributed by atoms with van der Waals surface area (Å²) < 4.78 is 20.3. The number of carbonyl (C=O) groups is 2. The number of anilines is 2. The number of methoxy groups -OCH3 is 1. The van der Waals surface area contributed by atoms with Crippen LogP contribution in [-0.4, -0.2) is 30.0 Å². The summed E-state index contributed by atoms with van der Waals surface area (Å²) in [5.41, 5.74) is 0.156. The van der Waals surface area contributed by atoms with E-state index in [0.717, 1.165) is 9.96 Å². The minimum atomic E-state index is -1.30. The van der Waals surface area contributed by atoms with Gasteiger partial charge in [0.25, 0.3) is 11.6 Å². The van der Waals surface area contributed by atoms with Gasteiger partial charge in [0, 0.05) is 28.8 Å². The molecule has 2 aliphatic heterocycles. The zero-order valence-electron chi connectivity index (χ0n) is 18.1. The van der Waals surface area contributed by atoms with Crippen molar-refractivity contribution in [3.8, 4) is 5.75 Å². The van der Waals surface area contributed by atoms with Crippen LogP contribution in [0, 0.1) is 21.8 Å². The third-order valence-corrected chi connectivity index (χ3v) is 6.35. The topological polar surface area (TPSA) is 102 Å². The lowest BCUT2D eigenvalue weighted by Crippen LogP contribution is -2.37. The Bertz CT molecular complexity index is 1350. The van der Waals surface area contributed by atoms with Crippen LogP contribution in [0.3, 0.4) is 0 Å². The molecule has 2 heterocycles. The lowest BCUT2D eigenvalue weighted by atomic mass is 9.90. The molecule has 2 aliphatic rings. The molecule has 35 heavy (non-hydrogen) atoms. The van der Waals surface area contributed by atoms with E-state index in [9.17, 15) is 19.7 Å². The smallest absolute Gasteiger partial charge is 0.271 e. The molecule has 3 atom stereocenters. The second-order valence-electron chi connectivity index (χ2n) is 7.95. The van der Waals surface area contributed by atoms with Crippen molar-refractivity contribution in [3.63, 3.8) is 0 Å². The number of imide groups is 1. The van der Waals surface area contributed by atoms with Crippen LogP contribution in [0.4, 0.5) is 21.5 Å². The van der Waals surface area contributed by atoms with Crippen LogP contribution in [0.1, 0.15) is 11.6 Å². The van der Waals surface area contributed by atoms with Crippen LogP contribution in [0.5, 0.6) is 5.75 Å². The summed E-state index contributed by atoms with van der Waals surface area (Å²) in [6.45, 7) is 0. The number of hydroxylamine groups is 1. The maximum Gasteiger partial charge on any atom is 0.271 e. The number of non-ortho nitro benzene ring substituents is 1. The maximum absolute atomic E-state index is 15.1. The molecule has 0 spiro atoms. The Hall–Kier alpha value is -4.02. The van der Waals surface area contributed by atoms with Crippen molar-refractivity contribution in [3.05, 3.63) is 93.2 Å². The molecule has 2 saturated heterocycles. The quantitative estimate of drug-likeness (QED) is 0.291. The molecule has 0 aliphatic carbocycles. The van der Waals surface area contributed by atoms with Gasteiger partial charge in [-0.3, -0.25) is 24.5 Å². The summed E-state index contributed by atoms with van der Waals surface area (Å²) in [6.07, 6.45) is -1.30. The van der Waals surface area contributed by atoms with Crippen molar-refractivity contribution in [2.24, 2.45) is 5.92 Å². The van der Waals surface area contributed by atoms with Crippen LogP contribution < -0.4 is 14.7 Å². The SMILES string of the molecule is COc1cccc(N2C(=O)[C@@H]3[C@@H](ON(c4cccc([N+](=O)[O-])c4)[C@H]3c3c(F)cccc3Cl)C2=O)c1. The molecule has 2 amide bonds. The monoisotopic (exact) mass is 497 g/mol. The summed E-state index contributed by atoms with van der Waals surface area (Å²) in [5, 5.41) is 12.5. The first kappa shape index (κ1) is 22.8. The number of nitro benzene ring substituents is 1. The number of hydrogen-bond donors (Lipinski definition) is 0. The highest BCUT2D eigenvalue weighted by atomic mass is 35.5. The average Bonchev–Trinajstić information content (AvgIpc) is 3.35. The molecular formula is C24H17ClFN3O6. The van der Waals surface area contributed by atoms with Crippen molar-refractivity contribution in [1.29, 1.82) is 0 Å². The highest BCUT2D eigenvalue weighted by Gasteiger charge is 2.61. The number of hydrogen-bond acceptors (Lipinski definition) is 7. The predicted molar refractivity (Wildman–Crippen MR) is 124 cm³/mol. The van der Waals surface area contributed by atoms with E-state index < -0.39 is 40.6 Å². The molecule has 5 rings (SSSR count). The third kappa shape index (κ3) is 3.67. The van der Waals surface area contributed by atoms with Gasteiger partial charge in [0.15, 0.2) is 6.10 Å². The van der Waals surface area contributed by atoms with Crippen molar-refractivity contribution < 1.29 is 28.5 Å². The second kappa shape index (κ2) is 8.64.